The lowest BCUT2D eigenvalue weighted by Crippen LogP contribution is -2.29. The Bertz CT molecular complexity index is 501. The number of carboxylic acid groups (broad SMARTS) is 1. The third-order valence-electron chi connectivity index (χ3n) is 2.20. The Kier molecular flexibility index (Phi) is 5.53. The number of benzene rings is 1. The fourth-order valence-electron chi connectivity index (χ4n) is 1.31. The summed E-state index contributed by atoms with van der Waals surface area (Å²) in [6.07, 6.45) is 2.97. The molecule has 0 fully saturated rings. The van der Waals surface area contributed by atoms with Crippen LogP contribution in [0.3, 0.4) is 0 Å². The van der Waals surface area contributed by atoms with Crippen LogP contribution >= 0.6 is 0 Å². The number of halogens is 1. The number of hydrogen-bond acceptors (Lipinski definition) is 2. The van der Waals surface area contributed by atoms with E-state index in [0.717, 1.165) is 18.6 Å². The Labute approximate surface area is 110 Å². The molecule has 5 nitrogen and oxygen atoms in total. The highest BCUT2D eigenvalue weighted by Crippen LogP contribution is 2.16. The van der Waals surface area contributed by atoms with Crippen LogP contribution in [0.5, 0.6) is 0 Å². The van der Waals surface area contributed by atoms with Gasteiger partial charge in [-0.1, -0.05) is 13.0 Å². The average molecular weight is 266 g/mol. The normalized spacial score (nSPS) is 10.4. The molecule has 102 valence electrons. The summed E-state index contributed by atoms with van der Waals surface area (Å²) in [5, 5.41) is 13.4. The molecule has 19 heavy (non-hydrogen) atoms. The monoisotopic (exact) mass is 266 g/mol. The lowest BCUT2D eigenvalue weighted by molar-refractivity contribution is -0.131. The van der Waals surface area contributed by atoms with Crippen molar-refractivity contribution in [2.75, 3.05) is 11.9 Å². The molecule has 0 heterocycles. The molecule has 0 unspecified atom stereocenters. The van der Waals surface area contributed by atoms with Gasteiger partial charge in [0.25, 0.3) is 0 Å². The maximum absolute atomic E-state index is 13.6. The maximum atomic E-state index is 13.6. The molecule has 0 saturated carbocycles. The Morgan fingerprint density at radius 3 is 2.74 bits per heavy atom. The van der Waals surface area contributed by atoms with E-state index >= 15 is 0 Å². The van der Waals surface area contributed by atoms with Crippen LogP contribution in [0.4, 0.5) is 14.9 Å². The lowest BCUT2D eigenvalue weighted by Gasteiger charge is -2.08. The molecule has 0 aliphatic rings. The van der Waals surface area contributed by atoms with E-state index in [0.29, 0.717) is 12.1 Å². The largest absolute Gasteiger partial charge is 0.478 e. The van der Waals surface area contributed by atoms with Gasteiger partial charge >= 0.3 is 12.0 Å². The molecule has 2 amide bonds. The lowest BCUT2D eigenvalue weighted by atomic mass is 10.2. The Morgan fingerprint density at radius 2 is 2.16 bits per heavy atom. The summed E-state index contributed by atoms with van der Waals surface area (Å²) in [5.41, 5.74) is 0.445. The number of carboxylic acids is 1. The average Bonchev–Trinajstić information content (AvgIpc) is 2.36. The Hall–Kier alpha value is -2.37. The summed E-state index contributed by atoms with van der Waals surface area (Å²) < 4.78 is 13.6. The third-order valence-corrected chi connectivity index (χ3v) is 2.20. The van der Waals surface area contributed by atoms with E-state index in [9.17, 15) is 14.0 Å². The minimum Gasteiger partial charge on any atom is -0.478 e. The number of amides is 2. The number of carbonyl (C=O) groups is 2. The molecule has 0 aliphatic carbocycles. The summed E-state index contributed by atoms with van der Waals surface area (Å²) >= 11 is 0. The van der Waals surface area contributed by atoms with Gasteiger partial charge in [0.2, 0.25) is 0 Å². The van der Waals surface area contributed by atoms with E-state index in [1.165, 1.54) is 18.2 Å². The van der Waals surface area contributed by atoms with Crippen LogP contribution in [0.1, 0.15) is 18.9 Å². The van der Waals surface area contributed by atoms with Crippen molar-refractivity contribution in [3.63, 3.8) is 0 Å². The zero-order valence-corrected chi connectivity index (χ0v) is 10.4. The molecule has 0 saturated heterocycles. The van der Waals surface area contributed by atoms with Crippen LogP contribution in [0, 0.1) is 5.82 Å². The molecule has 6 heteroatoms. The van der Waals surface area contributed by atoms with Gasteiger partial charge in [0.05, 0.1) is 5.69 Å². The summed E-state index contributed by atoms with van der Waals surface area (Å²) in [4.78, 5) is 21.7. The first-order valence-electron chi connectivity index (χ1n) is 5.78. The summed E-state index contributed by atoms with van der Waals surface area (Å²) in [6, 6.07) is 3.56. The van der Waals surface area contributed by atoms with Gasteiger partial charge in [0.1, 0.15) is 5.82 Å². The zero-order valence-electron chi connectivity index (χ0n) is 10.4. The molecule has 0 spiro atoms. The number of anilines is 1. The SMILES string of the molecule is CCCNC(=O)Nc1ccc(C=CC(=O)O)cc1F. The zero-order chi connectivity index (χ0) is 14.3. The molecule has 1 rings (SSSR count). The van der Waals surface area contributed by atoms with Crippen molar-refractivity contribution < 1.29 is 19.1 Å². The smallest absolute Gasteiger partial charge is 0.328 e. The topological polar surface area (TPSA) is 78.4 Å². The van der Waals surface area contributed by atoms with Crippen LogP contribution in [-0.4, -0.2) is 23.7 Å². The van der Waals surface area contributed by atoms with Gasteiger partial charge in [-0.3, -0.25) is 0 Å². The standard InChI is InChI=1S/C13H15FN2O3/c1-2-7-15-13(19)16-11-5-3-9(8-10(11)14)4-6-12(17)18/h3-6,8H,2,7H2,1H3,(H,17,18)(H2,15,16,19). The van der Waals surface area contributed by atoms with Crippen molar-refractivity contribution in [2.24, 2.45) is 0 Å². The Balaban J connectivity index is 2.72. The van der Waals surface area contributed by atoms with Crippen LogP contribution < -0.4 is 10.6 Å². The van der Waals surface area contributed by atoms with Crippen molar-refractivity contribution >= 4 is 23.8 Å². The van der Waals surface area contributed by atoms with Crippen LogP contribution in [-0.2, 0) is 4.79 Å². The molecule has 1 aromatic carbocycles. The van der Waals surface area contributed by atoms with Gasteiger partial charge < -0.3 is 15.7 Å². The molecule has 3 N–H and O–H groups in total. The molecule has 0 aromatic heterocycles. The van der Waals surface area contributed by atoms with Gasteiger partial charge in [-0.05, 0) is 30.2 Å². The number of nitrogens with one attached hydrogen (secondary N) is 2. The first-order valence-corrected chi connectivity index (χ1v) is 5.78. The number of urea groups is 1. The van der Waals surface area contributed by atoms with Crippen molar-refractivity contribution in [1.82, 2.24) is 5.32 Å². The quantitative estimate of drug-likeness (QED) is 0.716. The molecule has 1 aromatic rings. The van der Waals surface area contributed by atoms with E-state index < -0.39 is 17.8 Å². The highest BCUT2D eigenvalue weighted by Gasteiger charge is 2.06. The first kappa shape index (κ1) is 14.7. The molecule has 0 aliphatic heterocycles. The summed E-state index contributed by atoms with van der Waals surface area (Å²) in [5.74, 6) is -1.74. The van der Waals surface area contributed by atoms with Crippen molar-refractivity contribution in [3.05, 3.63) is 35.7 Å². The second-order valence-corrected chi connectivity index (χ2v) is 3.79. The van der Waals surface area contributed by atoms with Gasteiger partial charge in [-0.2, -0.15) is 0 Å². The van der Waals surface area contributed by atoms with E-state index in [1.807, 2.05) is 6.92 Å². The van der Waals surface area contributed by atoms with Gasteiger partial charge in [0, 0.05) is 12.6 Å². The number of aliphatic carboxylic acids is 1. The minimum absolute atomic E-state index is 0.0427. The van der Waals surface area contributed by atoms with Crippen molar-refractivity contribution in [2.45, 2.75) is 13.3 Å². The highest BCUT2D eigenvalue weighted by molar-refractivity contribution is 5.89. The fraction of sp³-hybridized carbons (Fsp3) is 0.231. The fourth-order valence-corrected chi connectivity index (χ4v) is 1.31. The number of rotatable bonds is 5. The molecular formula is C13H15FN2O3. The van der Waals surface area contributed by atoms with Gasteiger partial charge in [-0.25, -0.2) is 14.0 Å². The maximum Gasteiger partial charge on any atom is 0.328 e. The van der Waals surface area contributed by atoms with E-state index in [4.69, 9.17) is 5.11 Å². The van der Waals surface area contributed by atoms with Gasteiger partial charge in [-0.15, -0.1) is 0 Å². The summed E-state index contributed by atoms with van der Waals surface area (Å²) in [7, 11) is 0. The second kappa shape index (κ2) is 7.15. The third kappa shape index (κ3) is 5.20. The van der Waals surface area contributed by atoms with Crippen LogP contribution in [0.25, 0.3) is 6.08 Å². The number of carbonyl (C=O) groups excluding carboxylic acids is 1. The molecule has 0 bridgehead atoms. The van der Waals surface area contributed by atoms with E-state index in [1.54, 1.807) is 0 Å². The van der Waals surface area contributed by atoms with E-state index in [2.05, 4.69) is 10.6 Å². The molecule has 0 radical (unpaired) electrons. The number of hydrogen-bond donors (Lipinski definition) is 3. The highest BCUT2D eigenvalue weighted by atomic mass is 19.1. The molecule has 0 atom stereocenters. The van der Waals surface area contributed by atoms with Crippen LogP contribution in [0.2, 0.25) is 0 Å². The predicted octanol–water partition coefficient (Wildman–Crippen LogP) is 2.46. The molecular weight excluding hydrogens is 251 g/mol. The minimum atomic E-state index is -1.11. The van der Waals surface area contributed by atoms with Crippen LogP contribution in [0.15, 0.2) is 24.3 Å². The van der Waals surface area contributed by atoms with E-state index in [-0.39, 0.29) is 5.69 Å². The Morgan fingerprint density at radius 1 is 1.42 bits per heavy atom. The second-order valence-electron chi connectivity index (χ2n) is 3.79. The van der Waals surface area contributed by atoms with Crippen molar-refractivity contribution in [1.29, 1.82) is 0 Å². The van der Waals surface area contributed by atoms with Gasteiger partial charge in [0.15, 0.2) is 0 Å². The summed E-state index contributed by atoms with van der Waals surface area (Å²) in [6.45, 7) is 2.41. The first-order chi connectivity index (χ1) is 9.02. The predicted molar refractivity (Wildman–Crippen MR) is 70.4 cm³/mol. The van der Waals surface area contributed by atoms with Crippen molar-refractivity contribution in [3.8, 4) is 0 Å².